The molecule has 1 amide bonds. The summed E-state index contributed by atoms with van der Waals surface area (Å²) >= 11 is 1.41. The molecule has 1 heterocycles. The zero-order chi connectivity index (χ0) is 17.5. The number of thioether (sulfide) groups is 1. The Labute approximate surface area is 144 Å². The third-order valence-corrected chi connectivity index (χ3v) is 4.20. The van der Waals surface area contributed by atoms with Crippen LogP contribution in [0.4, 0.5) is 0 Å². The average molecular weight is 349 g/mol. The van der Waals surface area contributed by atoms with Gasteiger partial charge >= 0.3 is 5.97 Å². The SMILES string of the molecule is CCCN(CC(=O)O)C(=O)c1ccccc1SCc1nc(C)no1. The van der Waals surface area contributed by atoms with Crippen molar-refractivity contribution in [3.8, 4) is 0 Å². The van der Waals surface area contributed by atoms with Crippen LogP contribution in [0.1, 0.15) is 35.4 Å². The molecule has 1 N–H and O–H groups in total. The quantitative estimate of drug-likeness (QED) is 0.732. The molecule has 2 rings (SSSR count). The summed E-state index contributed by atoms with van der Waals surface area (Å²) < 4.78 is 5.07. The largest absolute Gasteiger partial charge is 0.480 e. The maximum absolute atomic E-state index is 12.7. The number of aromatic nitrogens is 2. The van der Waals surface area contributed by atoms with E-state index in [9.17, 15) is 9.59 Å². The zero-order valence-electron chi connectivity index (χ0n) is 13.6. The Morgan fingerprint density at radius 3 is 2.71 bits per heavy atom. The van der Waals surface area contributed by atoms with Crippen molar-refractivity contribution < 1.29 is 19.2 Å². The van der Waals surface area contributed by atoms with E-state index in [1.807, 2.05) is 19.1 Å². The number of hydrogen-bond donors (Lipinski definition) is 1. The van der Waals surface area contributed by atoms with Crippen LogP contribution in [0.25, 0.3) is 0 Å². The van der Waals surface area contributed by atoms with Crippen molar-refractivity contribution in [3.05, 3.63) is 41.5 Å². The normalized spacial score (nSPS) is 10.6. The van der Waals surface area contributed by atoms with E-state index in [0.717, 1.165) is 4.90 Å². The summed E-state index contributed by atoms with van der Waals surface area (Å²) in [5.41, 5.74) is 0.480. The predicted octanol–water partition coefficient (Wildman–Crippen LogP) is 2.61. The molecular weight excluding hydrogens is 330 g/mol. The number of carbonyl (C=O) groups excluding carboxylic acids is 1. The Balaban J connectivity index is 2.16. The summed E-state index contributed by atoms with van der Waals surface area (Å²) in [5, 5.41) is 12.7. The molecule has 128 valence electrons. The molecule has 0 radical (unpaired) electrons. The van der Waals surface area contributed by atoms with Crippen LogP contribution < -0.4 is 0 Å². The Bertz CT molecular complexity index is 717. The van der Waals surface area contributed by atoms with E-state index in [4.69, 9.17) is 9.63 Å². The molecule has 1 aromatic heterocycles. The molecular formula is C16H19N3O4S. The summed E-state index contributed by atoms with van der Waals surface area (Å²) in [6, 6.07) is 7.12. The second-order valence-corrected chi connectivity index (χ2v) is 6.16. The number of benzene rings is 1. The van der Waals surface area contributed by atoms with Crippen LogP contribution in [0.5, 0.6) is 0 Å². The van der Waals surface area contributed by atoms with Crippen molar-refractivity contribution in [2.24, 2.45) is 0 Å². The van der Waals surface area contributed by atoms with E-state index >= 15 is 0 Å². The minimum atomic E-state index is -1.02. The van der Waals surface area contributed by atoms with Crippen LogP contribution in [0.2, 0.25) is 0 Å². The van der Waals surface area contributed by atoms with E-state index in [1.54, 1.807) is 19.1 Å². The first-order valence-corrected chi connectivity index (χ1v) is 8.52. The van der Waals surface area contributed by atoms with Crippen LogP contribution in [-0.4, -0.2) is 45.1 Å². The number of amides is 1. The third-order valence-electron chi connectivity index (χ3n) is 3.15. The van der Waals surface area contributed by atoms with Gasteiger partial charge in [0.15, 0.2) is 5.82 Å². The summed E-state index contributed by atoms with van der Waals surface area (Å²) in [7, 11) is 0. The second kappa shape index (κ2) is 8.49. The first kappa shape index (κ1) is 18.0. The number of nitrogens with zero attached hydrogens (tertiary/aromatic N) is 3. The van der Waals surface area contributed by atoms with E-state index in [2.05, 4.69) is 10.1 Å². The van der Waals surface area contributed by atoms with Gasteiger partial charge < -0.3 is 14.5 Å². The molecule has 0 aliphatic carbocycles. The van der Waals surface area contributed by atoms with Gasteiger partial charge in [-0.1, -0.05) is 24.2 Å². The van der Waals surface area contributed by atoms with Gasteiger partial charge in [0.25, 0.3) is 5.91 Å². The Kier molecular flexibility index (Phi) is 6.36. The van der Waals surface area contributed by atoms with Crippen LogP contribution in [0.15, 0.2) is 33.7 Å². The molecule has 0 unspecified atom stereocenters. The van der Waals surface area contributed by atoms with Gasteiger partial charge in [0.1, 0.15) is 6.54 Å². The van der Waals surface area contributed by atoms with Gasteiger partial charge in [0.2, 0.25) is 5.89 Å². The number of aliphatic carboxylic acids is 1. The molecule has 1 aromatic carbocycles. The highest BCUT2D eigenvalue weighted by molar-refractivity contribution is 7.98. The number of carboxylic acid groups (broad SMARTS) is 1. The topological polar surface area (TPSA) is 96.5 Å². The number of hydrogen-bond acceptors (Lipinski definition) is 6. The van der Waals surface area contributed by atoms with Crippen LogP contribution >= 0.6 is 11.8 Å². The molecule has 2 aromatic rings. The third kappa shape index (κ3) is 4.82. The van der Waals surface area contributed by atoms with E-state index in [1.165, 1.54) is 16.7 Å². The fourth-order valence-electron chi connectivity index (χ4n) is 2.16. The van der Waals surface area contributed by atoms with Crippen molar-refractivity contribution in [2.75, 3.05) is 13.1 Å². The molecule has 8 heteroatoms. The van der Waals surface area contributed by atoms with Crippen LogP contribution in [0, 0.1) is 6.92 Å². The van der Waals surface area contributed by atoms with Gasteiger partial charge in [-0.25, -0.2) is 0 Å². The van der Waals surface area contributed by atoms with Crippen molar-refractivity contribution in [1.29, 1.82) is 0 Å². The van der Waals surface area contributed by atoms with Gasteiger partial charge in [-0.3, -0.25) is 9.59 Å². The predicted molar refractivity (Wildman–Crippen MR) is 88.9 cm³/mol. The van der Waals surface area contributed by atoms with Gasteiger partial charge in [0, 0.05) is 11.4 Å². The fraction of sp³-hybridized carbons (Fsp3) is 0.375. The smallest absolute Gasteiger partial charge is 0.323 e. The summed E-state index contributed by atoms with van der Waals surface area (Å²) in [6.07, 6.45) is 0.690. The van der Waals surface area contributed by atoms with Crippen molar-refractivity contribution in [2.45, 2.75) is 30.9 Å². The summed E-state index contributed by atoms with van der Waals surface area (Å²) in [4.78, 5) is 29.9. The maximum Gasteiger partial charge on any atom is 0.323 e. The number of rotatable bonds is 8. The number of carbonyl (C=O) groups is 2. The lowest BCUT2D eigenvalue weighted by Gasteiger charge is -2.21. The van der Waals surface area contributed by atoms with Crippen molar-refractivity contribution in [3.63, 3.8) is 0 Å². The van der Waals surface area contributed by atoms with Gasteiger partial charge in [-0.2, -0.15) is 4.98 Å². The zero-order valence-corrected chi connectivity index (χ0v) is 14.4. The average Bonchev–Trinajstić information content (AvgIpc) is 2.97. The molecule has 0 spiro atoms. The molecule has 0 saturated heterocycles. The molecule has 7 nitrogen and oxygen atoms in total. The monoisotopic (exact) mass is 349 g/mol. The molecule has 0 aliphatic rings. The Morgan fingerprint density at radius 1 is 1.33 bits per heavy atom. The number of carboxylic acids is 1. The van der Waals surface area contributed by atoms with Gasteiger partial charge in [-0.15, -0.1) is 11.8 Å². The summed E-state index contributed by atoms with van der Waals surface area (Å²) in [6.45, 7) is 3.73. The lowest BCUT2D eigenvalue weighted by Crippen LogP contribution is -2.36. The molecule has 0 bridgehead atoms. The lowest BCUT2D eigenvalue weighted by atomic mass is 10.2. The first-order valence-electron chi connectivity index (χ1n) is 7.53. The van der Waals surface area contributed by atoms with Gasteiger partial charge in [-0.05, 0) is 25.5 Å². The highest BCUT2D eigenvalue weighted by Gasteiger charge is 2.20. The van der Waals surface area contributed by atoms with Crippen LogP contribution in [0.3, 0.4) is 0 Å². The Morgan fingerprint density at radius 2 is 2.08 bits per heavy atom. The maximum atomic E-state index is 12.7. The van der Waals surface area contributed by atoms with Crippen LogP contribution in [-0.2, 0) is 10.5 Å². The molecule has 0 aliphatic heterocycles. The Hall–Kier alpha value is -2.35. The molecule has 0 atom stereocenters. The summed E-state index contributed by atoms with van der Waals surface area (Å²) in [5.74, 6) is 0.172. The van der Waals surface area contributed by atoms with E-state index in [-0.39, 0.29) is 12.5 Å². The molecule has 0 fully saturated rings. The fourth-order valence-corrected chi connectivity index (χ4v) is 3.05. The van der Waals surface area contributed by atoms with Crippen molar-refractivity contribution in [1.82, 2.24) is 15.0 Å². The molecule has 0 saturated carbocycles. The lowest BCUT2D eigenvalue weighted by molar-refractivity contribution is -0.137. The minimum absolute atomic E-state index is 0.288. The highest BCUT2D eigenvalue weighted by atomic mass is 32.2. The van der Waals surface area contributed by atoms with E-state index in [0.29, 0.717) is 36.0 Å². The minimum Gasteiger partial charge on any atom is -0.480 e. The van der Waals surface area contributed by atoms with E-state index < -0.39 is 5.97 Å². The van der Waals surface area contributed by atoms with Crippen molar-refractivity contribution >= 4 is 23.6 Å². The second-order valence-electron chi connectivity index (χ2n) is 5.14. The standard InChI is InChI=1S/C16H19N3O4S/c1-3-8-19(9-15(20)21)16(22)12-6-4-5-7-13(12)24-10-14-17-11(2)18-23-14/h4-7H,3,8-10H2,1-2H3,(H,20,21). The number of aryl methyl sites for hydroxylation is 1. The molecule has 24 heavy (non-hydrogen) atoms. The van der Waals surface area contributed by atoms with Gasteiger partial charge in [0.05, 0.1) is 11.3 Å². The highest BCUT2D eigenvalue weighted by Crippen LogP contribution is 2.26. The first-order chi connectivity index (χ1) is 11.5.